The Labute approximate surface area is 76.5 Å². The summed E-state index contributed by atoms with van der Waals surface area (Å²) in [5.74, 6) is 6.27. The van der Waals surface area contributed by atoms with Gasteiger partial charge in [0.2, 0.25) is 0 Å². The van der Waals surface area contributed by atoms with Crippen molar-refractivity contribution >= 4 is 0 Å². The van der Waals surface area contributed by atoms with Gasteiger partial charge in [-0.1, -0.05) is 25.7 Å². The molecule has 0 aliphatic carbocycles. The quantitative estimate of drug-likeness (QED) is 0.575. The first-order valence-corrected chi connectivity index (χ1v) is 4.53. The zero-order valence-electron chi connectivity index (χ0n) is 8.72. The van der Waals surface area contributed by atoms with Crippen LogP contribution in [-0.2, 0) is 0 Å². The van der Waals surface area contributed by atoms with Gasteiger partial charge in [-0.2, -0.15) is 0 Å². The van der Waals surface area contributed by atoms with Crippen molar-refractivity contribution in [2.24, 2.45) is 0 Å². The van der Waals surface area contributed by atoms with Crippen LogP contribution >= 0.6 is 0 Å². The maximum Gasteiger partial charge on any atom is 0.0599 e. The molecule has 0 atom stereocenters. The summed E-state index contributed by atoms with van der Waals surface area (Å²) in [6.45, 7) is 8.18. The van der Waals surface area contributed by atoms with Crippen LogP contribution in [-0.4, -0.2) is 50.1 Å². The molecule has 12 heavy (non-hydrogen) atoms. The van der Waals surface area contributed by atoms with E-state index in [0.717, 1.165) is 26.2 Å². The van der Waals surface area contributed by atoms with Gasteiger partial charge in [0.1, 0.15) is 0 Å². The van der Waals surface area contributed by atoms with E-state index in [4.69, 9.17) is 0 Å². The molecule has 2 heteroatoms. The second-order valence-electron chi connectivity index (χ2n) is 3.01. The standard InChI is InChI=1S/C10H20N2/c1-5-11(3)9-7-8-10-12(4)6-2/h5-6,9-10H2,1-4H3. The van der Waals surface area contributed by atoms with E-state index >= 15 is 0 Å². The van der Waals surface area contributed by atoms with E-state index in [1.807, 2.05) is 0 Å². The van der Waals surface area contributed by atoms with Crippen molar-refractivity contribution in [1.29, 1.82) is 0 Å². The summed E-state index contributed by atoms with van der Waals surface area (Å²) in [4.78, 5) is 4.39. The molecule has 0 spiro atoms. The summed E-state index contributed by atoms with van der Waals surface area (Å²) in [6, 6.07) is 0. The van der Waals surface area contributed by atoms with Crippen molar-refractivity contribution in [3.63, 3.8) is 0 Å². The van der Waals surface area contributed by atoms with Crippen molar-refractivity contribution in [2.45, 2.75) is 13.8 Å². The summed E-state index contributed by atoms with van der Waals surface area (Å²) in [5, 5.41) is 0. The third-order valence-corrected chi connectivity index (χ3v) is 1.90. The van der Waals surface area contributed by atoms with Crippen molar-refractivity contribution in [3.05, 3.63) is 0 Å². The molecule has 0 amide bonds. The lowest BCUT2D eigenvalue weighted by atomic mass is 10.5. The summed E-state index contributed by atoms with van der Waals surface area (Å²) < 4.78 is 0. The van der Waals surface area contributed by atoms with Crippen LogP contribution in [0, 0.1) is 11.8 Å². The van der Waals surface area contributed by atoms with Crippen LogP contribution in [0.25, 0.3) is 0 Å². The van der Waals surface area contributed by atoms with E-state index in [1.54, 1.807) is 0 Å². The SMILES string of the molecule is CCN(C)CC#CCN(C)CC. The highest BCUT2D eigenvalue weighted by atomic mass is 15.1. The van der Waals surface area contributed by atoms with E-state index in [1.165, 1.54) is 0 Å². The summed E-state index contributed by atoms with van der Waals surface area (Å²) >= 11 is 0. The van der Waals surface area contributed by atoms with Gasteiger partial charge < -0.3 is 0 Å². The predicted molar refractivity (Wildman–Crippen MR) is 54.1 cm³/mol. The lowest BCUT2D eigenvalue weighted by Crippen LogP contribution is -2.19. The van der Waals surface area contributed by atoms with Crippen molar-refractivity contribution in [2.75, 3.05) is 40.3 Å². The number of rotatable bonds is 4. The topological polar surface area (TPSA) is 6.48 Å². The van der Waals surface area contributed by atoms with Crippen LogP contribution in [0.5, 0.6) is 0 Å². The molecular formula is C10H20N2. The fraction of sp³-hybridized carbons (Fsp3) is 0.800. The monoisotopic (exact) mass is 168 g/mol. The molecule has 0 heterocycles. The molecule has 0 aliphatic rings. The Bertz CT molecular complexity index is 139. The third-order valence-electron chi connectivity index (χ3n) is 1.90. The molecule has 0 rings (SSSR count). The van der Waals surface area contributed by atoms with E-state index in [2.05, 4.69) is 49.6 Å². The minimum atomic E-state index is 0.883. The molecule has 0 saturated heterocycles. The lowest BCUT2D eigenvalue weighted by Gasteiger charge is -2.09. The predicted octanol–water partition coefficient (Wildman–Crippen LogP) is 0.893. The minimum absolute atomic E-state index is 0.883. The maximum atomic E-state index is 3.14. The molecule has 70 valence electrons. The van der Waals surface area contributed by atoms with Crippen molar-refractivity contribution < 1.29 is 0 Å². The molecule has 0 aromatic carbocycles. The normalized spacial score (nSPS) is 10.2. The Hall–Kier alpha value is -0.520. The maximum absolute atomic E-state index is 3.14. The fourth-order valence-corrected chi connectivity index (χ4v) is 0.605. The lowest BCUT2D eigenvalue weighted by molar-refractivity contribution is 0.392. The van der Waals surface area contributed by atoms with Gasteiger partial charge in [-0.25, -0.2) is 0 Å². The van der Waals surface area contributed by atoms with Gasteiger partial charge >= 0.3 is 0 Å². The van der Waals surface area contributed by atoms with Crippen LogP contribution in [0.3, 0.4) is 0 Å². The molecule has 0 saturated carbocycles. The van der Waals surface area contributed by atoms with Crippen LogP contribution < -0.4 is 0 Å². The first-order valence-electron chi connectivity index (χ1n) is 4.53. The van der Waals surface area contributed by atoms with E-state index in [0.29, 0.717) is 0 Å². The highest BCUT2D eigenvalue weighted by molar-refractivity contribution is 5.02. The average molecular weight is 168 g/mol. The molecule has 2 nitrogen and oxygen atoms in total. The second kappa shape index (κ2) is 7.15. The Morgan fingerprint density at radius 3 is 1.42 bits per heavy atom. The summed E-state index contributed by atoms with van der Waals surface area (Å²) in [7, 11) is 4.16. The Morgan fingerprint density at radius 2 is 1.17 bits per heavy atom. The van der Waals surface area contributed by atoms with Gasteiger partial charge in [0.05, 0.1) is 13.1 Å². The summed E-state index contributed by atoms with van der Waals surface area (Å²) in [6.07, 6.45) is 0. The highest BCUT2D eigenvalue weighted by Crippen LogP contribution is 1.79. The van der Waals surface area contributed by atoms with Gasteiger partial charge in [-0.3, -0.25) is 9.80 Å². The molecular weight excluding hydrogens is 148 g/mol. The first kappa shape index (κ1) is 11.5. The number of hydrogen-bond donors (Lipinski definition) is 0. The van der Waals surface area contributed by atoms with Crippen molar-refractivity contribution in [3.8, 4) is 11.8 Å². The first-order chi connectivity index (χ1) is 5.70. The molecule has 0 bridgehead atoms. The van der Waals surface area contributed by atoms with Gasteiger partial charge in [-0.15, -0.1) is 0 Å². The highest BCUT2D eigenvalue weighted by Gasteiger charge is 1.89. The summed E-state index contributed by atoms with van der Waals surface area (Å²) in [5.41, 5.74) is 0. The van der Waals surface area contributed by atoms with Crippen LogP contribution in [0.15, 0.2) is 0 Å². The van der Waals surface area contributed by atoms with Gasteiger partial charge in [0, 0.05) is 0 Å². The fourth-order valence-electron chi connectivity index (χ4n) is 0.605. The molecule has 0 aliphatic heterocycles. The van der Waals surface area contributed by atoms with Crippen molar-refractivity contribution in [1.82, 2.24) is 9.80 Å². The number of nitrogens with zero attached hydrogens (tertiary/aromatic N) is 2. The molecule has 0 radical (unpaired) electrons. The van der Waals surface area contributed by atoms with E-state index < -0.39 is 0 Å². The van der Waals surface area contributed by atoms with E-state index in [-0.39, 0.29) is 0 Å². The molecule has 0 aromatic rings. The molecule has 0 N–H and O–H groups in total. The largest absolute Gasteiger partial charge is 0.296 e. The van der Waals surface area contributed by atoms with Gasteiger partial charge in [0.25, 0.3) is 0 Å². The minimum Gasteiger partial charge on any atom is -0.296 e. The average Bonchev–Trinajstić information content (AvgIpc) is 2.11. The number of hydrogen-bond acceptors (Lipinski definition) is 2. The Balaban J connectivity index is 3.46. The van der Waals surface area contributed by atoms with Crippen LogP contribution in [0.1, 0.15) is 13.8 Å². The Morgan fingerprint density at radius 1 is 0.833 bits per heavy atom. The second-order valence-corrected chi connectivity index (χ2v) is 3.01. The van der Waals surface area contributed by atoms with Crippen LogP contribution in [0.4, 0.5) is 0 Å². The zero-order valence-corrected chi connectivity index (χ0v) is 8.72. The molecule has 0 fully saturated rings. The van der Waals surface area contributed by atoms with Crippen LogP contribution in [0.2, 0.25) is 0 Å². The zero-order chi connectivity index (χ0) is 9.40. The van der Waals surface area contributed by atoms with E-state index in [9.17, 15) is 0 Å². The Kier molecular flexibility index (Phi) is 6.84. The third kappa shape index (κ3) is 6.21. The molecule has 0 unspecified atom stereocenters. The smallest absolute Gasteiger partial charge is 0.0599 e. The van der Waals surface area contributed by atoms with Gasteiger partial charge in [-0.05, 0) is 27.2 Å². The van der Waals surface area contributed by atoms with Gasteiger partial charge in [0.15, 0.2) is 0 Å². The molecule has 0 aromatic heterocycles.